The van der Waals surface area contributed by atoms with Crippen LogP contribution in [0.3, 0.4) is 0 Å². The molecule has 0 saturated carbocycles. The standard InChI is InChI=1S/C18H25ClN4O2S/c1-14-17(13-22-10-8-16(9-11-22)21-26(2,24)25)18(19)23(20-14)12-15-6-4-3-5-7-15/h3-7,16,21H,8-13H2,1-2H3. The maximum atomic E-state index is 11.4. The smallest absolute Gasteiger partial charge is 0.208 e. The normalized spacial score (nSPS) is 16.9. The Morgan fingerprint density at radius 3 is 2.46 bits per heavy atom. The van der Waals surface area contributed by atoms with Crippen molar-refractivity contribution in [2.45, 2.75) is 38.9 Å². The highest BCUT2D eigenvalue weighted by molar-refractivity contribution is 7.88. The Balaban J connectivity index is 1.62. The maximum Gasteiger partial charge on any atom is 0.208 e. The van der Waals surface area contributed by atoms with Gasteiger partial charge in [-0.15, -0.1) is 0 Å². The fourth-order valence-electron chi connectivity index (χ4n) is 3.37. The van der Waals surface area contributed by atoms with Crippen LogP contribution in [0.25, 0.3) is 0 Å². The number of aromatic nitrogens is 2. The molecule has 0 unspecified atom stereocenters. The molecule has 2 heterocycles. The SMILES string of the molecule is Cc1nn(Cc2ccccc2)c(Cl)c1CN1CCC(NS(C)(=O)=O)CC1. The molecule has 0 atom stereocenters. The van der Waals surface area contributed by atoms with E-state index in [4.69, 9.17) is 11.6 Å². The van der Waals surface area contributed by atoms with Gasteiger partial charge in [0.15, 0.2) is 0 Å². The lowest BCUT2D eigenvalue weighted by atomic mass is 10.1. The number of hydrogen-bond donors (Lipinski definition) is 1. The molecule has 1 aliphatic heterocycles. The topological polar surface area (TPSA) is 67.2 Å². The van der Waals surface area contributed by atoms with Gasteiger partial charge in [-0.2, -0.15) is 5.10 Å². The van der Waals surface area contributed by atoms with E-state index < -0.39 is 10.0 Å². The summed E-state index contributed by atoms with van der Waals surface area (Å²) in [7, 11) is -3.14. The molecule has 2 aromatic rings. The number of sulfonamides is 1. The van der Waals surface area contributed by atoms with E-state index in [2.05, 4.69) is 26.9 Å². The van der Waals surface area contributed by atoms with Gasteiger partial charge in [0.05, 0.1) is 18.5 Å². The first kappa shape index (κ1) is 19.4. The van der Waals surface area contributed by atoms with Gasteiger partial charge < -0.3 is 0 Å². The molecule has 0 bridgehead atoms. The Hall–Kier alpha value is -1.41. The number of benzene rings is 1. The Morgan fingerprint density at radius 1 is 1.19 bits per heavy atom. The molecule has 8 heteroatoms. The Labute approximate surface area is 160 Å². The summed E-state index contributed by atoms with van der Waals surface area (Å²) in [6.45, 7) is 5.06. The Kier molecular flexibility index (Phi) is 6.02. The zero-order valence-corrected chi connectivity index (χ0v) is 16.7. The first-order valence-corrected chi connectivity index (χ1v) is 11.0. The van der Waals surface area contributed by atoms with E-state index in [0.717, 1.165) is 49.3 Å². The minimum absolute atomic E-state index is 0.0265. The number of rotatable bonds is 6. The van der Waals surface area contributed by atoms with E-state index in [1.165, 1.54) is 6.26 Å². The lowest BCUT2D eigenvalue weighted by Crippen LogP contribution is -2.44. The van der Waals surface area contributed by atoms with Gasteiger partial charge in [0.2, 0.25) is 10.0 Å². The molecule has 0 radical (unpaired) electrons. The largest absolute Gasteiger partial charge is 0.299 e. The molecule has 1 aliphatic rings. The molecule has 1 aromatic heterocycles. The summed E-state index contributed by atoms with van der Waals surface area (Å²) in [5, 5.41) is 5.28. The van der Waals surface area contributed by atoms with E-state index in [1.807, 2.05) is 29.8 Å². The van der Waals surface area contributed by atoms with Gasteiger partial charge in [0.1, 0.15) is 5.15 Å². The number of nitrogens with one attached hydrogen (secondary N) is 1. The van der Waals surface area contributed by atoms with Crippen molar-refractivity contribution >= 4 is 21.6 Å². The summed E-state index contributed by atoms with van der Waals surface area (Å²) in [6, 6.07) is 10.2. The van der Waals surface area contributed by atoms with Crippen LogP contribution in [0.2, 0.25) is 5.15 Å². The van der Waals surface area contributed by atoms with Gasteiger partial charge in [-0.1, -0.05) is 41.9 Å². The molecule has 26 heavy (non-hydrogen) atoms. The lowest BCUT2D eigenvalue weighted by Gasteiger charge is -2.31. The summed E-state index contributed by atoms with van der Waals surface area (Å²) in [5.74, 6) is 0. The van der Waals surface area contributed by atoms with Crippen molar-refractivity contribution in [1.29, 1.82) is 0 Å². The molecule has 0 spiro atoms. The monoisotopic (exact) mass is 396 g/mol. The molecule has 1 fully saturated rings. The van der Waals surface area contributed by atoms with Crippen molar-refractivity contribution in [3.63, 3.8) is 0 Å². The fraction of sp³-hybridized carbons (Fsp3) is 0.500. The van der Waals surface area contributed by atoms with Gasteiger partial charge in [0, 0.05) is 31.2 Å². The van der Waals surface area contributed by atoms with Gasteiger partial charge >= 0.3 is 0 Å². The predicted octanol–water partition coefficient (Wildman–Crippen LogP) is 2.41. The molecule has 3 rings (SSSR count). The lowest BCUT2D eigenvalue weighted by molar-refractivity contribution is 0.199. The van der Waals surface area contributed by atoms with Gasteiger partial charge in [-0.25, -0.2) is 17.8 Å². The Bertz CT molecular complexity index is 844. The number of aryl methyl sites for hydroxylation is 1. The third-order valence-corrected chi connectivity index (χ3v) is 5.89. The highest BCUT2D eigenvalue weighted by Gasteiger charge is 2.23. The molecule has 1 aromatic carbocycles. The quantitative estimate of drug-likeness (QED) is 0.814. The fourth-order valence-corrected chi connectivity index (χ4v) is 4.50. The summed E-state index contributed by atoms with van der Waals surface area (Å²) >= 11 is 6.60. The van der Waals surface area contributed by atoms with E-state index in [9.17, 15) is 8.42 Å². The molecule has 1 N–H and O–H groups in total. The van der Waals surface area contributed by atoms with Crippen LogP contribution in [-0.2, 0) is 23.1 Å². The number of halogens is 1. The number of piperidine rings is 1. The van der Waals surface area contributed by atoms with Crippen LogP contribution in [0, 0.1) is 6.92 Å². The zero-order chi connectivity index (χ0) is 18.7. The van der Waals surface area contributed by atoms with Crippen molar-refractivity contribution < 1.29 is 8.42 Å². The van der Waals surface area contributed by atoms with Crippen LogP contribution < -0.4 is 4.72 Å². The first-order chi connectivity index (χ1) is 12.3. The highest BCUT2D eigenvalue weighted by atomic mass is 35.5. The second-order valence-electron chi connectivity index (χ2n) is 6.94. The third kappa shape index (κ3) is 5.07. The van der Waals surface area contributed by atoms with E-state index >= 15 is 0 Å². The second kappa shape index (κ2) is 8.08. The van der Waals surface area contributed by atoms with Crippen LogP contribution in [0.4, 0.5) is 0 Å². The van der Waals surface area contributed by atoms with Crippen molar-refractivity contribution in [3.05, 3.63) is 52.3 Å². The molecule has 6 nitrogen and oxygen atoms in total. The molecule has 142 valence electrons. The van der Waals surface area contributed by atoms with Crippen molar-refractivity contribution in [2.24, 2.45) is 0 Å². The van der Waals surface area contributed by atoms with Crippen LogP contribution in [0.15, 0.2) is 30.3 Å². The molecule has 0 amide bonds. The first-order valence-electron chi connectivity index (χ1n) is 8.77. The number of likely N-dealkylation sites (tertiary alicyclic amines) is 1. The predicted molar refractivity (Wildman–Crippen MR) is 104 cm³/mol. The maximum absolute atomic E-state index is 11.4. The van der Waals surface area contributed by atoms with Gasteiger partial charge in [0.25, 0.3) is 0 Å². The summed E-state index contributed by atoms with van der Waals surface area (Å²) in [6.07, 6.45) is 2.83. The number of nitrogens with zero attached hydrogens (tertiary/aromatic N) is 3. The molecular formula is C18H25ClN4O2S. The molecular weight excluding hydrogens is 372 g/mol. The van der Waals surface area contributed by atoms with Crippen LogP contribution in [0.1, 0.15) is 29.7 Å². The second-order valence-corrected chi connectivity index (χ2v) is 9.08. The highest BCUT2D eigenvalue weighted by Crippen LogP contribution is 2.24. The van der Waals surface area contributed by atoms with Crippen molar-refractivity contribution in [1.82, 2.24) is 19.4 Å². The minimum atomic E-state index is -3.14. The summed E-state index contributed by atoms with van der Waals surface area (Å²) < 4.78 is 27.3. The third-order valence-electron chi connectivity index (χ3n) is 4.71. The van der Waals surface area contributed by atoms with Gasteiger partial charge in [-0.05, 0) is 25.3 Å². The zero-order valence-electron chi connectivity index (χ0n) is 15.2. The van der Waals surface area contributed by atoms with Crippen LogP contribution in [-0.4, -0.2) is 48.5 Å². The summed E-state index contributed by atoms with van der Waals surface area (Å²) in [5.41, 5.74) is 3.16. The average molecular weight is 397 g/mol. The molecule has 0 aliphatic carbocycles. The van der Waals surface area contributed by atoms with Gasteiger partial charge in [-0.3, -0.25) is 4.90 Å². The van der Waals surface area contributed by atoms with Crippen molar-refractivity contribution in [3.8, 4) is 0 Å². The van der Waals surface area contributed by atoms with E-state index in [0.29, 0.717) is 11.7 Å². The Morgan fingerprint density at radius 2 is 1.85 bits per heavy atom. The van der Waals surface area contributed by atoms with Crippen molar-refractivity contribution in [2.75, 3.05) is 19.3 Å². The summed E-state index contributed by atoms with van der Waals surface area (Å²) in [4.78, 5) is 2.31. The van der Waals surface area contributed by atoms with Crippen LogP contribution >= 0.6 is 11.6 Å². The van der Waals surface area contributed by atoms with E-state index in [1.54, 1.807) is 0 Å². The number of hydrogen-bond acceptors (Lipinski definition) is 4. The molecule has 1 saturated heterocycles. The van der Waals surface area contributed by atoms with E-state index in [-0.39, 0.29) is 6.04 Å². The average Bonchev–Trinajstić information content (AvgIpc) is 2.84. The van der Waals surface area contributed by atoms with Crippen LogP contribution in [0.5, 0.6) is 0 Å². The minimum Gasteiger partial charge on any atom is -0.299 e.